The van der Waals surface area contributed by atoms with Crippen molar-refractivity contribution in [2.45, 2.75) is 6.92 Å². The molecule has 0 saturated heterocycles. The molecule has 1 aromatic carbocycles. The smallest absolute Gasteiger partial charge is 0.224 e. The van der Waals surface area contributed by atoms with E-state index in [2.05, 4.69) is 36.5 Å². The Morgan fingerprint density at radius 2 is 2.25 bits per heavy atom. The van der Waals surface area contributed by atoms with E-state index in [1.165, 1.54) is 18.2 Å². The molecular formula is C13H11BrFN5. The van der Waals surface area contributed by atoms with Crippen LogP contribution in [0.15, 0.2) is 28.9 Å². The van der Waals surface area contributed by atoms with Crippen molar-refractivity contribution in [3.63, 3.8) is 0 Å². The zero-order valence-corrected chi connectivity index (χ0v) is 12.2. The minimum absolute atomic E-state index is 0.0212. The van der Waals surface area contributed by atoms with Gasteiger partial charge in [0.1, 0.15) is 17.7 Å². The maximum Gasteiger partial charge on any atom is 0.224 e. The molecule has 0 amide bonds. The number of anilines is 3. The Hall–Kier alpha value is -2.20. The number of nitriles is 1. The molecule has 1 aromatic heterocycles. The third-order valence-electron chi connectivity index (χ3n) is 2.43. The Morgan fingerprint density at radius 3 is 2.95 bits per heavy atom. The Kier molecular flexibility index (Phi) is 4.48. The minimum atomic E-state index is -0.548. The summed E-state index contributed by atoms with van der Waals surface area (Å²) in [7, 11) is 0. The van der Waals surface area contributed by atoms with E-state index in [0.29, 0.717) is 28.5 Å². The summed E-state index contributed by atoms with van der Waals surface area (Å²) in [6.45, 7) is 2.65. The van der Waals surface area contributed by atoms with Gasteiger partial charge in [0.15, 0.2) is 0 Å². The summed E-state index contributed by atoms with van der Waals surface area (Å²) in [5.41, 5.74) is 0.553. The minimum Gasteiger partial charge on any atom is -0.354 e. The number of aromatic nitrogens is 2. The lowest BCUT2D eigenvalue weighted by Gasteiger charge is -2.09. The number of hydrogen-bond donors (Lipinski definition) is 2. The van der Waals surface area contributed by atoms with Crippen LogP contribution in [0, 0.1) is 17.1 Å². The molecule has 2 rings (SSSR count). The first-order valence-electron chi connectivity index (χ1n) is 5.87. The van der Waals surface area contributed by atoms with E-state index < -0.39 is 5.82 Å². The lowest BCUT2D eigenvalue weighted by atomic mass is 10.2. The van der Waals surface area contributed by atoms with Gasteiger partial charge in [-0.05, 0) is 41.1 Å². The maximum absolute atomic E-state index is 13.3. The van der Waals surface area contributed by atoms with Gasteiger partial charge in [0.05, 0.1) is 10.0 Å². The van der Waals surface area contributed by atoms with Crippen LogP contribution >= 0.6 is 15.9 Å². The molecule has 0 fully saturated rings. The average Bonchev–Trinajstić information content (AvgIpc) is 2.45. The third-order valence-corrected chi connectivity index (χ3v) is 3.01. The first kappa shape index (κ1) is 14.2. The van der Waals surface area contributed by atoms with E-state index in [1.54, 1.807) is 12.3 Å². The highest BCUT2D eigenvalue weighted by molar-refractivity contribution is 9.10. The Labute approximate surface area is 124 Å². The van der Waals surface area contributed by atoms with Crippen molar-refractivity contribution >= 4 is 33.4 Å². The van der Waals surface area contributed by atoms with Gasteiger partial charge in [0.25, 0.3) is 0 Å². The number of halogens is 2. The van der Waals surface area contributed by atoms with Gasteiger partial charge >= 0.3 is 0 Å². The first-order valence-corrected chi connectivity index (χ1v) is 6.66. The first-order chi connectivity index (χ1) is 9.63. The predicted molar refractivity (Wildman–Crippen MR) is 78.3 cm³/mol. The van der Waals surface area contributed by atoms with E-state index in [-0.39, 0.29) is 5.56 Å². The molecule has 102 valence electrons. The monoisotopic (exact) mass is 335 g/mol. The van der Waals surface area contributed by atoms with Gasteiger partial charge in [0.2, 0.25) is 5.95 Å². The molecule has 20 heavy (non-hydrogen) atoms. The number of rotatable bonds is 4. The maximum atomic E-state index is 13.3. The summed E-state index contributed by atoms with van der Waals surface area (Å²) in [4.78, 5) is 8.38. The Bertz CT molecular complexity index is 668. The molecule has 0 spiro atoms. The second-order valence-corrected chi connectivity index (χ2v) is 4.71. The lowest BCUT2D eigenvalue weighted by molar-refractivity contribution is 0.624. The second-order valence-electron chi connectivity index (χ2n) is 3.85. The number of benzene rings is 1. The van der Waals surface area contributed by atoms with E-state index >= 15 is 0 Å². The van der Waals surface area contributed by atoms with Crippen molar-refractivity contribution in [1.82, 2.24) is 9.97 Å². The molecular weight excluding hydrogens is 325 g/mol. The van der Waals surface area contributed by atoms with Crippen LogP contribution < -0.4 is 10.6 Å². The molecule has 5 nitrogen and oxygen atoms in total. The fourth-order valence-corrected chi connectivity index (χ4v) is 1.81. The molecule has 0 saturated carbocycles. The highest BCUT2D eigenvalue weighted by atomic mass is 79.9. The lowest BCUT2D eigenvalue weighted by Crippen LogP contribution is -2.04. The topological polar surface area (TPSA) is 73.6 Å². The number of nitrogens with one attached hydrogen (secondary N) is 2. The summed E-state index contributed by atoms with van der Waals surface area (Å²) in [6, 6.07) is 6.00. The molecule has 0 aliphatic heterocycles. The number of nitrogens with zero attached hydrogens (tertiary/aromatic N) is 3. The highest BCUT2D eigenvalue weighted by Crippen LogP contribution is 2.25. The Balaban J connectivity index is 2.30. The van der Waals surface area contributed by atoms with Crippen LogP contribution in [0.3, 0.4) is 0 Å². The molecule has 0 aliphatic carbocycles. The number of hydrogen-bond acceptors (Lipinski definition) is 5. The fraction of sp³-hybridized carbons (Fsp3) is 0.154. The summed E-state index contributed by atoms with van der Waals surface area (Å²) < 4.78 is 13.9. The van der Waals surface area contributed by atoms with Crippen LogP contribution in [-0.2, 0) is 0 Å². The molecule has 2 aromatic rings. The zero-order chi connectivity index (χ0) is 14.5. The van der Waals surface area contributed by atoms with Gasteiger partial charge in [-0.1, -0.05) is 0 Å². The molecule has 2 N–H and O–H groups in total. The van der Waals surface area contributed by atoms with Crippen molar-refractivity contribution in [2.24, 2.45) is 0 Å². The van der Waals surface area contributed by atoms with E-state index in [1.807, 2.05) is 6.92 Å². The van der Waals surface area contributed by atoms with Crippen LogP contribution in [0.5, 0.6) is 0 Å². The van der Waals surface area contributed by atoms with Gasteiger partial charge in [-0.2, -0.15) is 10.2 Å². The van der Waals surface area contributed by atoms with Gasteiger partial charge < -0.3 is 10.6 Å². The van der Waals surface area contributed by atoms with Gasteiger partial charge in [-0.3, -0.25) is 0 Å². The predicted octanol–water partition coefficient (Wildman–Crippen LogP) is 3.43. The van der Waals surface area contributed by atoms with Crippen molar-refractivity contribution in [3.8, 4) is 6.07 Å². The molecule has 0 bridgehead atoms. The van der Waals surface area contributed by atoms with Crippen molar-refractivity contribution < 1.29 is 4.39 Å². The fourth-order valence-electron chi connectivity index (χ4n) is 1.52. The molecule has 0 aliphatic rings. The van der Waals surface area contributed by atoms with Crippen molar-refractivity contribution in [3.05, 3.63) is 40.2 Å². The molecule has 0 atom stereocenters. The van der Waals surface area contributed by atoms with Gasteiger partial charge in [-0.25, -0.2) is 9.37 Å². The summed E-state index contributed by atoms with van der Waals surface area (Å²) >= 11 is 3.33. The van der Waals surface area contributed by atoms with Gasteiger partial charge in [0, 0.05) is 18.4 Å². The normalized spacial score (nSPS) is 9.90. The van der Waals surface area contributed by atoms with Crippen LogP contribution in [0.25, 0.3) is 0 Å². The SMILES string of the molecule is CCNc1ncc(Br)c(Nc2ccc(F)c(C#N)c2)n1. The molecule has 0 radical (unpaired) electrons. The second kappa shape index (κ2) is 6.30. The largest absolute Gasteiger partial charge is 0.354 e. The van der Waals surface area contributed by atoms with Crippen molar-refractivity contribution in [2.75, 3.05) is 17.2 Å². The quantitative estimate of drug-likeness (QED) is 0.895. The Morgan fingerprint density at radius 1 is 1.45 bits per heavy atom. The summed E-state index contributed by atoms with van der Waals surface area (Å²) in [5.74, 6) is 0.473. The van der Waals surface area contributed by atoms with Crippen LogP contribution in [0.1, 0.15) is 12.5 Å². The molecule has 7 heteroatoms. The summed E-state index contributed by atoms with van der Waals surface area (Å²) in [5, 5.41) is 14.8. The van der Waals surface area contributed by atoms with E-state index in [0.717, 1.165) is 0 Å². The molecule has 1 heterocycles. The van der Waals surface area contributed by atoms with Crippen LogP contribution in [0.4, 0.5) is 21.8 Å². The van der Waals surface area contributed by atoms with E-state index in [9.17, 15) is 4.39 Å². The highest BCUT2D eigenvalue weighted by Gasteiger charge is 2.07. The van der Waals surface area contributed by atoms with Crippen LogP contribution in [-0.4, -0.2) is 16.5 Å². The van der Waals surface area contributed by atoms with Crippen LogP contribution in [0.2, 0.25) is 0 Å². The average molecular weight is 336 g/mol. The standard InChI is InChI=1S/C13H11BrFN5/c1-2-17-13-18-7-10(14)12(20-13)19-9-3-4-11(15)8(5-9)6-16/h3-5,7H,2H2,1H3,(H2,17,18,19,20). The molecule has 0 unspecified atom stereocenters. The van der Waals surface area contributed by atoms with Gasteiger partial charge in [-0.15, -0.1) is 0 Å². The summed E-state index contributed by atoms with van der Waals surface area (Å²) in [6.07, 6.45) is 1.61. The third kappa shape index (κ3) is 3.22. The zero-order valence-electron chi connectivity index (χ0n) is 10.6. The van der Waals surface area contributed by atoms with E-state index in [4.69, 9.17) is 5.26 Å². The van der Waals surface area contributed by atoms with Crippen molar-refractivity contribution in [1.29, 1.82) is 5.26 Å².